The Morgan fingerprint density at radius 2 is 2.00 bits per heavy atom. The smallest absolute Gasteiger partial charge is 0.309 e. The van der Waals surface area contributed by atoms with E-state index in [-0.39, 0.29) is 6.16 Å². The van der Waals surface area contributed by atoms with E-state index in [2.05, 4.69) is 0 Å². The van der Waals surface area contributed by atoms with Gasteiger partial charge in [-0.1, -0.05) is 0 Å². The van der Waals surface area contributed by atoms with Gasteiger partial charge in [-0.2, -0.15) is 0 Å². The van der Waals surface area contributed by atoms with Gasteiger partial charge in [0, 0.05) is 0 Å². The molecule has 1 rings (SSSR count). The monoisotopic (exact) mass is 296 g/mol. The second kappa shape index (κ2) is 6.66. The van der Waals surface area contributed by atoms with Crippen molar-refractivity contribution in [3.8, 4) is 0 Å². The second-order valence-electron chi connectivity index (χ2n) is 3.15. The van der Waals surface area contributed by atoms with Gasteiger partial charge in [0.2, 0.25) is 0 Å². The summed E-state index contributed by atoms with van der Waals surface area (Å²) in [6.45, 7) is 4.08. The number of rotatable bonds is 7. The summed E-state index contributed by atoms with van der Waals surface area (Å²) in [5, 5.41) is 1.18. The third-order valence-corrected chi connectivity index (χ3v) is 5.23. The van der Waals surface area contributed by atoms with E-state index in [1.54, 1.807) is 25.3 Å². The van der Waals surface area contributed by atoms with Crippen molar-refractivity contribution >= 4 is 35.8 Å². The largest absolute Gasteiger partial charge is 0.335 e. The van der Waals surface area contributed by atoms with E-state index in [1.807, 2.05) is 0 Å². The third kappa shape index (κ3) is 4.19. The summed E-state index contributed by atoms with van der Waals surface area (Å²) < 4.78 is 22.6. The highest BCUT2D eigenvalue weighted by molar-refractivity contribution is 7.53. The minimum Gasteiger partial charge on any atom is -0.309 e. The molecule has 17 heavy (non-hydrogen) atoms. The van der Waals surface area contributed by atoms with E-state index in [0.717, 1.165) is 0 Å². The van der Waals surface area contributed by atoms with E-state index in [9.17, 15) is 9.36 Å². The van der Waals surface area contributed by atoms with E-state index in [0.29, 0.717) is 23.7 Å². The first kappa shape index (κ1) is 14.9. The van der Waals surface area contributed by atoms with Gasteiger partial charge in [-0.15, -0.1) is 11.3 Å². The number of carbonyl (C=O) groups is 1. The molecule has 0 amide bonds. The van der Waals surface area contributed by atoms with Gasteiger partial charge >= 0.3 is 7.60 Å². The lowest BCUT2D eigenvalue weighted by Crippen LogP contribution is -2.00. The highest BCUT2D eigenvalue weighted by Crippen LogP contribution is 2.52. The van der Waals surface area contributed by atoms with Gasteiger partial charge in [-0.25, -0.2) is 0 Å². The maximum absolute atomic E-state index is 12.3. The summed E-state index contributed by atoms with van der Waals surface area (Å²) in [6, 6.07) is 1.71. The Balaban J connectivity index is 2.89. The predicted octanol–water partition coefficient (Wildman–Crippen LogP) is 3.89. The van der Waals surface area contributed by atoms with E-state index in [1.165, 1.54) is 11.3 Å². The Labute approximate surface area is 109 Å². The van der Waals surface area contributed by atoms with E-state index in [4.69, 9.17) is 20.6 Å². The standard InChI is InChI=1S/C10H14ClO4PS/c1-3-14-16(13,15-4-2)7-8-5-6-17-9(8)10(11)12/h5-6H,3-4,7H2,1-2H3. The van der Waals surface area contributed by atoms with Crippen LogP contribution in [0.5, 0.6) is 0 Å². The van der Waals surface area contributed by atoms with Crippen LogP contribution in [0.4, 0.5) is 0 Å². The van der Waals surface area contributed by atoms with Crippen molar-refractivity contribution in [1.29, 1.82) is 0 Å². The van der Waals surface area contributed by atoms with Crippen LogP contribution in [-0.4, -0.2) is 18.5 Å². The summed E-state index contributed by atoms with van der Waals surface area (Å²) in [4.78, 5) is 11.5. The topological polar surface area (TPSA) is 52.6 Å². The Kier molecular flexibility index (Phi) is 5.83. The molecule has 0 aliphatic carbocycles. The Hall–Kier alpha value is -0.190. The second-order valence-corrected chi connectivity index (χ2v) is 6.47. The number of thiophene rings is 1. The molecule has 7 heteroatoms. The van der Waals surface area contributed by atoms with Crippen molar-refractivity contribution in [2.24, 2.45) is 0 Å². The molecule has 1 heterocycles. The Morgan fingerprint density at radius 1 is 1.41 bits per heavy atom. The van der Waals surface area contributed by atoms with Crippen LogP contribution >= 0.6 is 30.5 Å². The molecule has 0 saturated carbocycles. The summed E-state index contributed by atoms with van der Waals surface area (Å²) in [7, 11) is -3.18. The van der Waals surface area contributed by atoms with Crippen LogP contribution in [0.3, 0.4) is 0 Å². The van der Waals surface area contributed by atoms with E-state index >= 15 is 0 Å². The first-order valence-electron chi connectivity index (χ1n) is 5.16. The highest BCUT2D eigenvalue weighted by atomic mass is 35.5. The molecule has 4 nitrogen and oxygen atoms in total. The lowest BCUT2D eigenvalue weighted by Gasteiger charge is -2.16. The first-order valence-corrected chi connectivity index (χ1v) is 8.15. The highest BCUT2D eigenvalue weighted by Gasteiger charge is 2.26. The molecule has 0 fully saturated rings. The summed E-state index contributed by atoms with van der Waals surface area (Å²) >= 11 is 6.65. The molecule has 0 aromatic carbocycles. The minimum atomic E-state index is -3.18. The molecule has 0 unspecified atom stereocenters. The van der Waals surface area contributed by atoms with Gasteiger partial charge in [0.25, 0.3) is 5.24 Å². The first-order chi connectivity index (χ1) is 8.02. The Bertz CT molecular complexity index is 422. The fourth-order valence-corrected chi connectivity index (χ4v) is 4.20. The number of carbonyl (C=O) groups excluding carboxylic acids is 1. The normalized spacial score (nSPS) is 11.7. The summed E-state index contributed by atoms with van der Waals surface area (Å²) in [5.41, 5.74) is 0.611. The van der Waals surface area contributed by atoms with Gasteiger partial charge in [0.05, 0.1) is 24.3 Å². The van der Waals surface area contributed by atoms with Crippen molar-refractivity contribution in [3.05, 3.63) is 21.9 Å². The molecule has 1 aromatic rings. The molecule has 1 aromatic heterocycles. The molecule has 0 aliphatic rings. The molecule has 0 bridgehead atoms. The van der Waals surface area contributed by atoms with Crippen molar-refractivity contribution in [3.63, 3.8) is 0 Å². The molecule has 0 aliphatic heterocycles. The van der Waals surface area contributed by atoms with Gasteiger partial charge in [0.1, 0.15) is 0 Å². The van der Waals surface area contributed by atoms with Crippen LogP contribution in [0.2, 0.25) is 0 Å². The zero-order valence-electron chi connectivity index (χ0n) is 9.64. The lowest BCUT2D eigenvalue weighted by atomic mass is 10.3. The van der Waals surface area contributed by atoms with Crippen LogP contribution in [0.25, 0.3) is 0 Å². The number of halogens is 1. The zero-order valence-corrected chi connectivity index (χ0v) is 12.1. The van der Waals surface area contributed by atoms with Crippen molar-refractivity contribution in [2.75, 3.05) is 13.2 Å². The maximum Gasteiger partial charge on any atom is 0.335 e. The fourth-order valence-electron chi connectivity index (χ4n) is 1.36. The molecule has 96 valence electrons. The van der Waals surface area contributed by atoms with Crippen LogP contribution < -0.4 is 0 Å². The predicted molar refractivity (Wildman–Crippen MR) is 69.1 cm³/mol. The molecule has 0 atom stereocenters. The van der Waals surface area contributed by atoms with E-state index < -0.39 is 12.8 Å². The quantitative estimate of drug-likeness (QED) is 0.566. The molecular weight excluding hydrogens is 283 g/mol. The molecular formula is C10H14ClO4PS. The average Bonchev–Trinajstić information content (AvgIpc) is 2.66. The SMILES string of the molecule is CCOP(=O)(Cc1ccsc1C(=O)Cl)OCC. The van der Waals surface area contributed by atoms with Gasteiger partial charge < -0.3 is 9.05 Å². The van der Waals surface area contributed by atoms with Crippen molar-refractivity contribution in [2.45, 2.75) is 20.0 Å². The zero-order chi connectivity index (χ0) is 12.9. The van der Waals surface area contributed by atoms with Crippen LogP contribution in [0.1, 0.15) is 29.1 Å². The van der Waals surface area contributed by atoms with Crippen molar-refractivity contribution in [1.82, 2.24) is 0 Å². The van der Waals surface area contributed by atoms with Crippen LogP contribution in [0, 0.1) is 0 Å². The van der Waals surface area contributed by atoms with Crippen LogP contribution in [0.15, 0.2) is 11.4 Å². The molecule has 0 radical (unpaired) electrons. The van der Waals surface area contributed by atoms with Gasteiger partial charge in [-0.05, 0) is 42.5 Å². The molecule has 0 saturated heterocycles. The fraction of sp³-hybridized carbons (Fsp3) is 0.500. The number of hydrogen-bond donors (Lipinski definition) is 0. The summed E-state index contributed by atoms with van der Waals surface area (Å²) in [5.74, 6) is 0. The Morgan fingerprint density at radius 3 is 2.47 bits per heavy atom. The summed E-state index contributed by atoms with van der Waals surface area (Å²) in [6.07, 6.45) is 0.0754. The molecule has 0 N–H and O–H groups in total. The molecule has 0 spiro atoms. The lowest BCUT2D eigenvalue weighted by molar-refractivity contribution is 0.108. The average molecular weight is 297 g/mol. The maximum atomic E-state index is 12.3. The van der Waals surface area contributed by atoms with Gasteiger partial charge in [0.15, 0.2) is 0 Å². The minimum absolute atomic E-state index is 0.0754. The van der Waals surface area contributed by atoms with Crippen molar-refractivity contribution < 1.29 is 18.4 Å². The van der Waals surface area contributed by atoms with Gasteiger partial charge in [-0.3, -0.25) is 9.36 Å². The number of hydrogen-bond acceptors (Lipinski definition) is 5. The third-order valence-electron chi connectivity index (χ3n) is 1.94. The van der Waals surface area contributed by atoms with Crippen LogP contribution in [-0.2, 0) is 19.8 Å².